The number of ether oxygens (including phenoxy) is 1. The van der Waals surface area contributed by atoms with Crippen LogP contribution in [0.2, 0.25) is 5.02 Å². The van der Waals surface area contributed by atoms with Gasteiger partial charge in [0.2, 0.25) is 0 Å². The zero-order chi connectivity index (χ0) is 10.3. The van der Waals surface area contributed by atoms with Crippen LogP contribution >= 0.6 is 11.6 Å². The highest BCUT2D eigenvalue weighted by molar-refractivity contribution is 6.32. The average molecular weight is 212 g/mol. The molecule has 74 valence electrons. The molecule has 0 radical (unpaired) electrons. The summed E-state index contributed by atoms with van der Waals surface area (Å²) >= 11 is 5.94. The zero-order valence-corrected chi connectivity index (χ0v) is 8.68. The van der Waals surface area contributed by atoms with Crippen LogP contribution in [0.4, 0.5) is 5.69 Å². The van der Waals surface area contributed by atoms with E-state index in [1.54, 1.807) is 32.0 Å². The highest BCUT2D eigenvalue weighted by Crippen LogP contribution is 2.38. The van der Waals surface area contributed by atoms with Gasteiger partial charge in [-0.15, -0.1) is 0 Å². The number of halogens is 1. The molecule has 0 spiro atoms. The Bertz CT molecular complexity index is 401. The van der Waals surface area contributed by atoms with Crippen molar-refractivity contribution in [3.8, 4) is 5.75 Å². The summed E-state index contributed by atoms with van der Waals surface area (Å²) in [6, 6.07) is 5.26. The topological polar surface area (TPSA) is 38.3 Å². The van der Waals surface area contributed by atoms with Crippen molar-refractivity contribution in [2.75, 3.05) is 5.32 Å². The Hall–Kier alpha value is -1.22. The van der Waals surface area contributed by atoms with E-state index in [1.165, 1.54) is 0 Å². The monoisotopic (exact) mass is 211 g/mol. The largest absolute Gasteiger partial charge is 0.474 e. The molecular formula is C10H10ClNO2. The van der Waals surface area contributed by atoms with Crippen molar-refractivity contribution in [1.82, 2.24) is 0 Å². The minimum Gasteiger partial charge on any atom is -0.474 e. The third-order valence-corrected chi connectivity index (χ3v) is 2.42. The molecule has 1 N–H and O–H groups in total. The molecule has 0 saturated carbocycles. The number of para-hydroxylation sites is 1. The molecule has 3 nitrogen and oxygen atoms in total. The minimum absolute atomic E-state index is 0.160. The Morgan fingerprint density at radius 3 is 2.86 bits per heavy atom. The lowest BCUT2D eigenvalue weighted by atomic mass is 10.1. The van der Waals surface area contributed by atoms with Crippen molar-refractivity contribution in [1.29, 1.82) is 0 Å². The molecule has 1 amide bonds. The fourth-order valence-electron chi connectivity index (χ4n) is 1.29. The fraction of sp³-hybridized carbons (Fsp3) is 0.300. The quantitative estimate of drug-likeness (QED) is 0.716. The van der Waals surface area contributed by atoms with Gasteiger partial charge < -0.3 is 10.1 Å². The Labute approximate surface area is 87.0 Å². The van der Waals surface area contributed by atoms with Gasteiger partial charge in [-0.25, -0.2) is 0 Å². The Morgan fingerprint density at radius 1 is 1.43 bits per heavy atom. The van der Waals surface area contributed by atoms with Gasteiger partial charge in [0.15, 0.2) is 11.4 Å². The van der Waals surface area contributed by atoms with Crippen molar-refractivity contribution < 1.29 is 9.53 Å². The van der Waals surface area contributed by atoms with Crippen LogP contribution in [0.1, 0.15) is 13.8 Å². The number of rotatable bonds is 0. The van der Waals surface area contributed by atoms with E-state index in [4.69, 9.17) is 16.3 Å². The Kier molecular flexibility index (Phi) is 1.93. The molecule has 0 atom stereocenters. The van der Waals surface area contributed by atoms with Crippen LogP contribution in [0.15, 0.2) is 18.2 Å². The van der Waals surface area contributed by atoms with E-state index in [9.17, 15) is 4.79 Å². The van der Waals surface area contributed by atoms with Gasteiger partial charge in [-0.05, 0) is 26.0 Å². The number of nitrogens with one attached hydrogen (secondary N) is 1. The summed E-state index contributed by atoms with van der Waals surface area (Å²) in [5.74, 6) is 0.381. The molecule has 1 aliphatic rings. The van der Waals surface area contributed by atoms with Crippen molar-refractivity contribution in [2.24, 2.45) is 0 Å². The first kappa shape index (κ1) is 9.34. The lowest BCUT2D eigenvalue weighted by molar-refractivity contribution is -0.129. The second-order valence-electron chi connectivity index (χ2n) is 3.68. The van der Waals surface area contributed by atoms with E-state index in [1.807, 2.05) is 0 Å². The predicted molar refractivity (Wildman–Crippen MR) is 54.8 cm³/mol. The lowest BCUT2D eigenvalue weighted by Crippen LogP contribution is -2.45. The molecule has 1 heterocycles. The van der Waals surface area contributed by atoms with E-state index in [2.05, 4.69) is 5.32 Å². The number of carbonyl (C=O) groups is 1. The van der Waals surface area contributed by atoms with Crippen LogP contribution in [0.25, 0.3) is 0 Å². The van der Waals surface area contributed by atoms with Crippen molar-refractivity contribution in [3.05, 3.63) is 23.2 Å². The first-order valence-electron chi connectivity index (χ1n) is 4.30. The van der Waals surface area contributed by atoms with E-state index in [0.717, 1.165) is 0 Å². The third-order valence-electron chi connectivity index (χ3n) is 2.12. The lowest BCUT2D eigenvalue weighted by Gasteiger charge is -2.31. The summed E-state index contributed by atoms with van der Waals surface area (Å²) in [6.07, 6.45) is 0. The maximum absolute atomic E-state index is 11.5. The van der Waals surface area contributed by atoms with Gasteiger partial charge >= 0.3 is 0 Å². The maximum atomic E-state index is 11.5. The minimum atomic E-state index is -0.863. The van der Waals surface area contributed by atoms with Gasteiger partial charge in [-0.2, -0.15) is 0 Å². The fourth-order valence-corrected chi connectivity index (χ4v) is 1.50. The number of hydrogen-bond donors (Lipinski definition) is 1. The summed E-state index contributed by atoms with van der Waals surface area (Å²) in [7, 11) is 0. The maximum Gasteiger partial charge on any atom is 0.268 e. The van der Waals surface area contributed by atoms with Gasteiger partial charge in [0, 0.05) is 0 Å². The molecule has 0 saturated heterocycles. The number of amides is 1. The third kappa shape index (κ3) is 1.34. The van der Waals surface area contributed by atoms with Gasteiger partial charge in [0.05, 0.1) is 10.7 Å². The molecule has 4 heteroatoms. The van der Waals surface area contributed by atoms with E-state index in [0.29, 0.717) is 16.5 Å². The molecule has 1 aromatic carbocycles. The molecule has 0 aromatic heterocycles. The number of fused-ring (bicyclic) bond motifs is 1. The van der Waals surface area contributed by atoms with Crippen molar-refractivity contribution in [3.63, 3.8) is 0 Å². The first-order chi connectivity index (χ1) is 6.50. The van der Waals surface area contributed by atoms with Crippen LogP contribution in [0.3, 0.4) is 0 Å². The SMILES string of the molecule is CC1(C)Oc2c(Cl)cccc2NC1=O. The summed E-state index contributed by atoms with van der Waals surface area (Å²) < 4.78 is 5.52. The van der Waals surface area contributed by atoms with E-state index in [-0.39, 0.29) is 5.91 Å². The number of anilines is 1. The molecule has 0 aliphatic carbocycles. The predicted octanol–water partition coefficient (Wildman–Crippen LogP) is 2.45. The molecule has 14 heavy (non-hydrogen) atoms. The van der Waals surface area contributed by atoms with Gasteiger partial charge in [-0.1, -0.05) is 17.7 Å². The second kappa shape index (κ2) is 2.89. The zero-order valence-electron chi connectivity index (χ0n) is 7.93. The molecule has 1 aromatic rings. The summed E-state index contributed by atoms with van der Waals surface area (Å²) in [5.41, 5.74) is -0.236. The van der Waals surface area contributed by atoms with Crippen LogP contribution < -0.4 is 10.1 Å². The molecule has 0 unspecified atom stereocenters. The molecule has 2 rings (SSSR count). The van der Waals surface area contributed by atoms with Gasteiger partial charge in [-0.3, -0.25) is 4.79 Å². The summed E-state index contributed by atoms with van der Waals surface area (Å²) in [6.45, 7) is 3.41. The Balaban J connectivity index is 2.51. The normalized spacial score (nSPS) is 18.1. The van der Waals surface area contributed by atoms with Crippen molar-refractivity contribution >= 4 is 23.2 Å². The average Bonchev–Trinajstić information content (AvgIpc) is 2.09. The van der Waals surface area contributed by atoms with Crippen molar-refractivity contribution in [2.45, 2.75) is 19.4 Å². The second-order valence-corrected chi connectivity index (χ2v) is 4.09. The molecule has 0 bridgehead atoms. The number of hydrogen-bond acceptors (Lipinski definition) is 2. The highest BCUT2D eigenvalue weighted by Gasteiger charge is 2.36. The highest BCUT2D eigenvalue weighted by atomic mass is 35.5. The number of benzene rings is 1. The summed E-state index contributed by atoms with van der Waals surface area (Å²) in [4.78, 5) is 11.5. The van der Waals surface area contributed by atoms with Crippen LogP contribution in [0.5, 0.6) is 5.75 Å². The van der Waals surface area contributed by atoms with E-state index >= 15 is 0 Å². The number of carbonyl (C=O) groups excluding carboxylic acids is 1. The van der Waals surface area contributed by atoms with E-state index < -0.39 is 5.60 Å². The van der Waals surface area contributed by atoms with Crippen LogP contribution in [0, 0.1) is 0 Å². The summed E-state index contributed by atoms with van der Waals surface area (Å²) in [5, 5.41) is 3.25. The first-order valence-corrected chi connectivity index (χ1v) is 4.67. The van der Waals surface area contributed by atoms with Gasteiger partial charge in [0.1, 0.15) is 0 Å². The smallest absolute Gasteiger partial charge is 0.268 e. The standard InChI is InChI=1S/C10H10ClNO2/c1-10(2)9(13)12-7-5-3-4-6(11)8(7)14-10/h3-5H,1-2H3,(H,12,13). The van der Waals surface area contributed by atoms with Crippen LogP contribution in [-0.2, 0) is 4.79 Å². The van der Waals surface area contributed by atoms with Gasteiger partial charge in [0.25, 0.3) is 5.91 Å². The molecular weight excluding hydrogens is 202 g/mol. The molecule has 1 aliphatic heterocycles. The molecule has 0 fully saturated rings. The van der Waals surface area contributed by atoms with Crippen LogP contribution in [-0.4, -0.2) is 11.5 Å². The Morgan fingerprint density at radius 2 is 2.14 bits per heavy atom.